The number of nitrogens with two attached hydrogens (primary N) is 1. The van der Waals surface area contributed by atoms with Gasteiger partial charge in [0.25, 0.3) is 5.91 Å². The van der Waals surface area contributed by atoms with Gasteiger partial charge in [-0.15, -0.1) is 0 Å². The molecule has 1 fully saturated rings. The molecule has 214 valence electrons. The van der Waals surface area contributed by atoms with E-state index in [1.807, 2.05) is 0 Å². The van der Waals surface area contributed by atoms with E-state index in [1.165, 1.54) is 18.5 Å². The van der Waals surface area contributed by atoms with Crippen LogP contribution in [-0.4, -0.2) is 65.0 Å². The number of hydrogen-bond acceptors (Lipinski definition) is 10. The molecule has 0 saturated carbocycles. The highest BCUT2D eigenvalue weighted by Crippen LogP contribution is 2.31. The van der Waals surface area contributed by atoms with Crippen molar-refractivity contribution in [3.05, 3.63) is 120 Å². The first kappa shape index (κ1) is 28.1. The Kier molecular flexibility index (Phi) is 8.54. The smallest absolute Gasteiger partial charge is 0.338 e. The molecule has 12 heteroatoms. The Morgan fingerprint density at radius 2 is 1.24 bits per heavy atom. The number of carbonyl (C=O) groups excluding carboxylic acids is 4. The molecule has 0 radical (unpaired) electrons. The van der Waals surface area contributed by atoms with Gasteiger partial charge in [-0.1, -0.05) is 54.6 Å². The number of carbonyl (C=O) groups is 4. The van der Waals surface area contributed by atoms with Gasteiger partial charge in [0.1, 0.15) is 12.7 Å². The third-order valence-corrected chi connectivity index (χ3v) is 6.24. The van der Waals surface area contributed by atoms with Crippen molar-refractivity contribution < 1.29 is 42.9 Å². The largest absolute Gasteiger partial charge is 0.459 e. The molecule has 12 nitrogen and oxygen atoms in total. The highest BCUT2D eigenvalue weighted by molar-refractivity contribution is 5.93. The van der Waals surface area contributed by atoms with Crippen LogP contribution in [0, 0.1) is 0 Å². The van der Waals surface area contributed by atoms with Gasteiger partial charge in [-0.25, -0.2) is 19.4 Å². The second kappa shape index (κ2) is 12.8. The fraction of sp³-hybridized carbons (Fsp3) is 0.167. The quantitative estimate of drug-likeness (QED) is 0.213. The number of esters is 3. The monoisotopic (exact) mass is 571 g/mol. The van der Waals surface area contributed by atoms with Crippen LogP contribution < -0.4 is 10.5 Å². The summed E-state index contributed by atoms with van der Waals surface area (Å²) in [5, 5.41) is 0. The van der Waals surface area contributed by atoms with Crippen molar-refractivity contribution in [2.24, 2.45) is 5.73 Å². The molecular formula is C30H25N3O9. The molecular weight excluding hydrogens is 546 g/mol. The summed E-state index contributed by atoms with van der Waals surface area (Å²) in [5.74, 6) is -3.26. The van der Waals surface area contributed by atoms with Crippen LogP contribution in [0.3, 0.4) is 0 Å². The minimum atomic E-state index is -1.45. The fourth-order valence-electron chi connectivity index (χ4n) is 4.19. The molecule has 1 aliphatic heterocycles. The number of imidazole rings is 1. The first-order valence-electron chi connectivity index (χ1n) is 12.8. The standard InChI is InChI=1S/C30H25N3O9/c31-25(34)22-26(33-17-32-22)42-30-24(41-29(37)20-14-8-3-9-15-20)23(40-28(36)19-12-6-2-7-13-19)21(39-30)16-38-27(35)18-10-4-1-5-11-18/h1-15,17,21,23-24,30H,16H2,(H2,31,34)(H,32,33)/t21-,23-,24+,30-/m1/s1. The first-order chi connectivity index (χ1) is 20.4. The lowest BCUT2D eigenvalue weighted by atomic mass is 10.1. The molecule has 42 heavy (non-hydrogen) atoms. The Labute approximate surface area is 239 Å². The van der Waals surface area contributed by atoms with Gasteiger partial charge in [-0.3, -0.25) is 4.79 Å². The van der Waals surface area contributed by atoms with E-state index in [0.717, 1.165) is 0 Å². The number of primary amides is 1. The van der Waals surface area contributed by atoms with E-state index < -0.39 is 55.0 Å². The third kappa shape index (κ3) is 6.45. The van der Waals surface area contributed by atoms with Crippen molar-refractivity contribution in [2.75, 3.05) is 6.61 Å². The third-order valence-electron chi connectivity index (χ3n) is 6.24. The van der Waals surface area contributed by atoms with Gasteiger partial charge in [0.2, 0.25) is 18.3 Å². The number of aromatic nitrogens is 2. The molecule has 4 aromatic rings. The zero-order valence-corrected chi connectivity index (χ0v) is 22.0. The van der Waals surface area contributed by atoms with Crippen LogP contribution in [0.5, 0.6) is 5.88 Å². The van der Waals surface area contributed by atoms with E-state index in [4.69, 9.17) is 29.4 Å². The van der Waals surface area contributed by atoms with Crippen molar-refractivity contribution in [3.8, 4) is 5.88 Å². The maximum absolute atomic E-state index is 13.1. The van der Waals surface area contributed by atoms with Crippen molar-refractivity contribution in [1.29, 1.82) is 0 Å². The van der Waals surface area contributed by atoms with Gasteiger partial charge in [-0.2, -0.15) is 0 Å². The van der Waals surface area contributed by atoms with E-state index >= 15 is 0 Å². The maximum atomic E-state index is 13.1. The van der Waals surface area contributed by atoms with E-state index in [2.05, 4.69) is 9.97 Å². The van der Waals surface area contributed by atoms with Crippen LogP contribution in [0.1, 0.15) is 41.6 Å². The molecule has 0 spiro atoms. The Bertz CT molecular complexity index is 1540. The summed E-state index contributed by atoms with van der Waals surface area (Å²) in [4.78, 5) is 57.3. The van der Waals surface area contributed by atoms with Crippen molar-refractivity contribution in [1.82, 2.24) is 9.97 Å². The lowest BCUT2D eigenvalue weighted by Gasteiger charge is -2.24. The summed E-state index contributed by atoms with van der Waals surface area (Å²) in [6.45, 7) is -0.400. The molecule has 4 atom stereocenters. The van der Waals surface area contributed by atoms with E-state index in [1.54, 1.807) is 78.9 Å². The predicted molar refractivity (Wildman–Crippen MR) is 144 cm³/mol. The number of rotatable bonds is 10. The lowest BCUT2D eigenvalue weighted by Crippen LogP contribution is -2.43. The van der Waals surface area contributed by atoms with Gasteiger partial charge >= 0.3 is 17.9 Å². The Hall–Kier alpha value is -5.49. The van der Waals surface area contributed by atoms with Crippen molar-refractivity contribution >= 4 is 23.8 Å². The first-order valence-corrected chi connectivity index (χ1v) is 12.8. The highest BCUT2D eigenvalue weighted by Gasteiger charge is 2.52. The Balaban J connectivity index is 1.45. The fourth-order valence-corrected chi connectivity index (χ4v) is 4.19. The van der Waals surface area contributed by atoms with E-state index in [-0.39, 0.29) is 28.3 Å². The van der Waals surface area contributed by atoms with Gasteiger partial charge in [0.15, 0.2) is 11.8 Å². The van der Waals surface area contributed by atoms with Crippen LogP contribution in [0.2, 0.25) is 0 Å². The van der Waals surface area contributed by atoms with Gasteiger partial charge in [0, 0.05) is 0 Å². The topological polar surface area (TPSA) is 169 Å². The number of amides is 1. The summed E-state index contributed by atoms with van der Waals surface area (Å²) in [6, 6.07) is 24.5. The van der Waals surface area contributed by atoms with E-state index in [0.29, 0.717) is 0 Å². The zero-order chi connectivity index (χ0) is 29.5. The normalized spacial score (nSPS) is 19.4. The summed E-state index contributed by atoms with van der Waals surface area (Å²) in [7, 11) is 0. The number of benzene rings is 3. The average Bonchev–Trinajstić information content (AvgIpc) is 3.62. The molecule has 1 amide bonds. The molecule has 3 N–H and O–H groups in total. The predicted octanol–water partition coefficient (Wildman–Crippen LogP) is 2.92. The van der Waals surface area contributed by atoms with Crippen LogP contribution in [0.4, 0.5) is 0 Å². The lowest BCUT2D eigenvalue weighted by molar-refractivity contribution is -0.121. The Morgan fingerprint density at radius 1 is 0.738 bits per heavy atom. The summed E-state index contributed by atoms with van der Waals surface area (Å²) in [5.41, 5.74) is 5.96. The second-order valence-corrected chi connectivity index (χ2v) is 9.04. The molecule has 0 bridgehead atoms. The molecule has 1 aromatic heterocycles. The Morgan fingerprint density at radius 3 is 1.76 bits per heavy atom. The van der Waals surface area contributed by atoms with Crippen LogP contribution >= 0.6 is 0 Å². The van der Waals surface area contributed by atoms with E-state index in [9.17, 15) is 19.2 Å². The number of nitrogens with zero attached hydrogens (tertiary/aromatic N) is 1. The van der Waals surface area contributed by atoms with Gasteiger partial charge < -0.3 is 34.4 Å². The average molecular weight is 572 g/mol. The minimum absolute atomic E-state index is 0.163. The van der Waals surface area contributed by atoms with Crippen LogP contribution in [-0.2, 0) is 18.9 Å². The molecule has 1 aliphatic rings. The van der Waals surface area contributed by atoms with Crippen LogP contribution in [0.25, 0.3) is 0 Å². The number of hydrogen-bond donors (Lipinski definition) is 2. The SMILES string of the molecule is NC(=O)c1[nH]cnc1O[C@H]1O[C@H](COC(=O)c2ccccc2)[C@@H](OC(=O)c2ccccc2)[C@@H]1OC(=O)c1ccccc1. The van der Waals surface area contributed by atoms with Crippen molar-refractivity contribution in [3.63, 3.8) is 0 Å². The molecule has 5 rings (SSSR count). The van der Waals surface area contributed by atoms with Crippen LogP contribution in [0.15, 0.2) is 97.3 Å². The second-order valence-electron chi connectivity index (χ2n) is 9.04. The summed E-state index contributed by atoms with van der Waals surface area (Å²) in [6.07, 6.45) is -4.12. The number of H-pyrrole nitrogens is 1. The zero-order valence-electron chi connectivity index (χ0n) is 22.0. The maximum Gasteiger partial charge on any atom is 0.338 e. The van der Waals surface area contributed by atoms with Gasteiger partial charge in [-0.05, 0) is 36.4 Å². The molecule has 0 unspecified atom stereocenters. The summed E-state index contributed by atoms with van der Waals surface area (Å²) < 4.78 is 28.8. The highest BCUT2D eigenvalue weighted by atomic mass is 16.7. The number of ether oxygens (including phenoxy) is 5. The summed E-state index contributed by atoms with van der Waals surface area (Å²) >= 11 is 0. The molecule has 2 heterocycles. The molecule has 1 saturated heterocycles. The van der Waals surface area contributed by atoms with Gasteiger partial charge in [0.05, 0.1) is 23.0 Å². The molecule has 0 aliphatic carbocycles. The number of aromatic amines is 1. The molecule has 3 aromatic carbocycles. The number of nitrogens with one attached hydrogen (secondary N) is 1. The minimum Gasteiger partial charge on any atom is -0.459 e. The van der Waals surface area contributed by atoms with Crippen molar-refractivity contribution in [2.45, 2.75) is 24.6 Å².